The summed E-state index contributed by atoms with van der Waals surface area (Å²) in [5, 5.41) is 12.8. The van der Waals surface area contributed by atoms with Gasteiger partial charge >= 0.3 is 5.97 Å². The summed E-state index contributed by atoms with van der Waals surface area (Å²) in [5.41, 5.74) is 1.02. The lowest BCUT2D eigenvalue weighted by Gasteiger charge is -2.13. The van der Waals surface area contributed by atoms with Gasteiger partial charge < -0.3 is 10.4 Å². The van der Waals surface area contributed by atoms with Gasteiger partial charge in [-0.15, -0.1) is 0 Å². The van der Waals surface area contributed by atoms with Crippen LogP contribution in [0.1, 0.15) is 18.4 Å². The van der Waals surface area contributed by atoms with E-state index >= 15 is 0 Å². The maximum atomic E-state index is 11.0. The van der Waals surface area contributed by atoms with Crippen molar-refractivity contribution in [3.63, 3.8) is 0 Å². The van der Waals surface area contributed by atoms with E-state index in [0.717, 1.165) is 22.9 Å². The van der Waals surface area contributed by atoms with Crippen LogP contribution in [0.3, 0.4) is 0 Å². The Labute approximate surface area is 113 Å². The average Bonchev–Trinajstić information content (AvgIpc) is 3.07. The largest absolute Gasteiger partial charge is 0.480 e. The highest BCUT2D eigenvalue weighted by Gasteiger charge is 2.35. The Hall–Kier alpha value is -0.580. The Balaban J connectivity index is 1.96. The van der Waals surface area contributed by atoms with Crippen LogP contribution in [0.2, 0.25) is 5.02 Å². The van der Waals surface area contributed by atoms with Crippen molar-refractivity contribution in [3.8, 4) is 0 Å². The Kier molecular flexibility index (Phi) is 4.07. The number of halogens is 2. The first-order valence-corrected chi connectivity index (χ1v) is 6.65. The van der Waals surface area contributed by atoms with Crippen LogP contribution in [-0.2, 0) is 11.3 Å². The molecule has 0 radical (unpaired) electrons. The molecule has 0 aromatic heterocycles. The van der Waals surface area contributed by atoms with Gasteiger partial charge in [0, 0.05) is 11.0 Å². The number of carbonyl (C=O) groups is 1. The topological polar surface area (TPSA) is 49.3 Å². The Morgan fingerprint density at radius 3 is 2.82 bits per heavy atom. The second-order valence-electron chi connectivity index (χ2n) is 4.28. The average molecular weight is 319 g/mol. The fourth-order valence-corrected chi connectivity index (χ4v) is 2.31. The minimum absolute atomic E-state index is 0.295. The molecule has 0 spiro atoms. The predicted molar refractivity (Wildman–Crippen MR) is 70.1 cm³/mol. The van der Waals surface area contributed by atoms with Gasteiger partial charge in [0.25, 0.3) is 0 Å². The van der Waals surface area contributed by atoms with E-state index in [2.05, 4.69) is 21.2 Å². The summed E-state index contributed by atoms with van der Waals surface area (Å²) in [7, 11) is 0. The number of carboxylic acids is 1. The van der Waals surface area contributed by atoms with E-state index in [4.69, 9.17) is 16.7 Å². The van der Waals surface area contributed by atoms with Gasteiger partial charge in [-0.1, -0.05) is 17.7 Å². The predicted octanol–water partition coefficient (Wildman–Crippen LogP) is 3.06. The molecule has 0 aliphatic heterocycles. The smallest absolute Gasteiger partial charge is 0.320 e. The molecule has 1 fully saturated rings. The molecule has 2 N–H and O–H groups in total. The summed E-state index contributed by atoms with van der Waals surface area (Å²) in [6.45, 7) is 0.545. The number of carboxylic acid groups (broad SMARTS) is 1. The van der Waals surface area contributed by atoms with Gasteiger partial charge in [-0.25, -0.2) is 0 Å². The van der Waals surface area contributed by atoms with Gasteiger partial charge in [0.2, 0.25) is 0 Å². The first-order chi connectivity index (χ1) is 8.08. The van der Waals surface area contributed by atoms with Gasteiger partial charge in [-0.3, -0.25) is 4.79 Å². The number of rotatable bonds is 5. The molecule has 1 unspecified atom stereocenters. The number of aliphatic carboxylic acids is 1. The Bertz CT molecular complexity index is 435. The van der Waals surface area contributed by atoms with Gasteiger partial charge in [-0.05, 0) is 52.4 Å². The molecule has 0 heterocycles. The fourth-order valence-electron chi connectivity index (χ4n) is 1.76. The Morgan fingerprint density at radius 2 is 2.29 bits per heavy atom. The van der Waals surface area contributed by atoms with E-state index in [0.29, 0.717) is 17.5 Å². The maximum Gasteiger partial charge on any atom is 0.320 e. The third-order valence-electron chi connectivity index (χ3n) is 2.87. The zero-order valence-corrected chi connectivity index (χ0v) is 11.5. The molecule has 92 valence electrons. The van der Waals surface area contributed by atoms with E-state index < -0.39 is 12.0 Å². The molecule has 1 aliphatic rings. The molecule has 3 nitrogen and oxygen atoms in total. The standard InChI is InChI=1S/C12H13BrClNO2/c13-9-5-7(1-4-10(9)14)6-15-11(12(16)17)8-2-3-8/h1,4-5,8,11,15H,2-3,6H2,(H,16,17). The lowest BCUT2D eigenvalue weighted by atomic mass is 10.1. The van der Waals surface area contributed by atoms with Crippen LogP contribution in [0.15, 0.2) is 22.7 Å². The highest BCUT2D eigenvalue weighted by Crippen LogP contribution is 2.33. The van der Waals surface area contributed by atoms with Crippen molar-refractivity contribution in [2.24, 2.45) is 5.92 Å². The summed E-state index contributed by atoms with van der Waals surface area (Å²) in [6.07, 6.45) is 2.02. The molecule has 1 atom stereocenters. The van der Waals surface area contributed by atoms with Crippen molar-refractivity contribution in [1.29, 1.82) is 0 Å². The molecule has 5 heteroatoms. The minimum atomic E-state index is -0.763. The number of nitrogens with one attached hydrogen (secondary N) is 1. The van der Waals surface area contributed by atoms with E-state index in [9.17, 15) is 4.79 Å². The summed E-state index contributed by atoms with van der Waals surface area (Å²) in [4.78, 5) is 11.0. The highest BCUT2D eigenvalue weighted by atomic mass is 79.9. The summed E-state index contributed by atoms with van der Waals surface area (Å²) in [5.74, 6) is -0.469. The van der Waals surface area contributed by atoms with Crippen molar-refractivity contribution in [3.05, 3.63) is 33.3 Å². The third-order valence-corrected chi connectivity index (χ3v) is 4.08. The monoisotopic (exact) mass is 317 g/mol. The lowest BCUT2D eigenvalue weighted by Crippen LogP contribution is -2.38. The Morgan fingerprint density at radius 1 is 1.59 bits per heavy atom. The third kappa shape index (κ3) is 3.44. The minimum Gasteiger partial charge on any atom is -0.480 e. The summed E-state index contributed by atoms with van der Waals surface area (Å²) < 4.78 is 0.830. The molecule has 0 amide bonds. The van der Waals surface area contributed by atoms with Crippen LogP contribution in [0.5, 0.6) is 0 Å². The fraction of sp³-hybridized carbons (Fsp3) is 0.417. The van der Waals surface area contributed by atoms with E-state index in [1.165, 1.54) is 0 Å². The van der Waals surface area contributed by atoms with Crippen LogP contribution in [0.25, 0.3) is 0 Å². The van der Waals surface area contributed by atoms with E-state index in [-0.39, 0.29) is 0 Å². The van der Waals surface area contributed by atoms with Gasteiger partial charge in [0.15, 0.2) is 0 Å². The number of benzene rings is 1. The molecule has 1 aliphatic carbocycles. The van der Waals surface area contributed by atoms with Crippen LogP contribution in [0, 0.1) is 5.92 Å². The molecule has 0 saturated heterocycles. The van der Waals surface area contributed by atoms with Crippen molar-refractivity contribution in [2.45, 2.75) is 25.4 Å². The lowest BCUT2D eigenvalue weighted by molar-refractivity contribution is -0.140. The first kappa shape index (κ1) is 12.9. The second-order valence-corrected chi connectivity index (χ2v) is 5.54. The highest BCUT2D eigenvalue weighted by molar-refractivity contribution is 9.10. The van der Waals surface area contributed by atoms with Crippen molar-refractivity contribution >= 4 is 33.5 Å². The van der Waals surface area contributed by atoms with E-state index in [1.54, 1.807) is 6.07 Å². The number of hydrogen-bond acceptors (Lipinski definition) is 2. The molecule has 1 aromatic carbocycles. The summed E-state index contributed by atoms with van der Waals surface area (Å²) >= 11 is 9.24. The van der Waals surface area contributed by atoms with Crippen molar-refractivity contribution in [2.75, 3.05) is 0 Å². The SMILES string of the molecule is O=C(O)C(NCc1ccc(Cl)c(Br)c1)C1CC1. The molecular weight excluding hydrogens is 305 g/mol. The summed E-state index contributed by atoms with van der Waals surface area (Å²) in [6, 6.07) is 5.17. The van der Waals surface area contributed by atoms with Crippen LogP contribution in [0.4, 0.5) is 0 Å². The molecular formula is C12H13BrClNO2. The van der Waals surface area contributed by atoms with Crippen LogP contribution < -0.4 is 5.32 Å². The maximum absolute atomic E-state index is 11.0. The van der Waals surface area contributed by atoms with Crippen LogP contribution in [-0.4, -0.2) is 17.1 Å². The van der Waals surface area contributed by atoms with Gasteiger partial charge in [0.1, 0.15) is 6.04 Å². The molecule has 17 heavy (non-hydrogen) atoms. The quantitative estimate of drug-likeness (QED) is 0.877. The van der Waals surface area contributed by atoms with Gasteiger partial charge in [-0.2, -0.15) is 0 Å². The first-order valence-electron chi connectivity index (χ1n) is 5.48. The van der Waals surface area contributed by atoms with Crippen LogP contribution >= 0.6 is 27.5 Å². The number of hydrogen-bond donors (Lipinski definition) is 2. The zero-order valence-electron chi connectivity index (χ0n) is 9.12. The van der Waals surface area contributed by atoms with Gasteiger partial charge in [0.05, 0.1) is 5.02 Å². The molecule has 2 rings (SSSR count). The molecule has 1 saturated carbocycles. The van der Waals surface area contributed by atoms with Crippen molar-refractivity contribution in [1.82, 2.24) is 5.32 Å². The molecule has 1 aromatic rings. The normalized spacial score (nSPS) is 16.8. The second kappa shape index (κ2) is 5.38. The zero-order chi connectivity index (χ0) is 12.4. The van der Waals surface area contributed by atoms with Crippen molar-refractivity contribution < 1.29 is 9.90 Å². The molecule has 0 bridgehead atoms. The van der Waals surface area contributed by atoms with E-state index in [1.807, 2.05) is 12.1 Å².